The molecule has 2 aliphatic heterocycles. The average molecular weight is 317 g/mol. The zero-order valence-electron chi connectivity index (χ0n) is 15.0. The number of aromatic nitrogens is 3. The number of rotatable bonds is 5. The van der Waals surface area contributed by atoms with Crippen molar-refractivity contribution in [3.8, 4) is 0 Å². The van der Waals surface area contributed by atoms with Crippen molar-refractivity contribution in [2.75, 3.05) is 32.7 Å². The van der Waals surface area contributed by atoms with E-state index < -0.39 is 0 Å². The summed E-state index contributed by atoms with van der Waals surface area (Å²) < 4.78 is 2.26. The first-order valence-electron chi connectivity index (χ1n) is 9.09. The normalized spacial score (nSPS) is 23.3. The van der Waals surface area contributed by atoms with Crippen molar-refractivity contribution in [3.63, 3.8) is 0 Å². The zero-order valence-corrected chi connectivity index (χ0v) is 15.0. The smallest absolute Gasteiger partial charge is 0.146 e. The lowest BCUT2D eigenvalue weighted by Gasteiger charge is -2.31. The van der Waals surface area contributed by atoms with Gasteiger partial charge in [-0.2, -0.15) is 0 Å². The lowest BCUT2D eigenvalue weighted by atomic mass is 9.97. The van der Waals surface area contributed by atoms with E-state index in [0.29, 0.717) is 5.92 Å². The fourth-order valence-corrected chi connectivity index (χ4v) is 3.75. The molecule has 5 heteroatoms. The summed E-state index contributed by atoms with van der Waals surface area (Å²) in [6.07, 6.45) is 7.48. The summed E-state index contributed by atoms with van der Waals surface area (Å²) in [6.45, 7) is 11.1. The second-order valence-corrected chi connectivity index (χ2v) is 7.40. The monoisotopic (exact) mass is 317 g/mol. The lowest BCUT2D eigenvalue weighted by molar-refractivity contribution is 0.221. The Morgan fingerprint density at radius 2 is 1.83 bits per heavy atom. The van der Waals surface area contributed by atoms with Gasteiger partial charge in [0.05, 0.1) is 6.54 Å². The molecule has 128 valence electrons. The predicted octanol–water partition coefficient (Wildman–Crippen LogP) is 2.56. The quantitative estimate of drug-likeness (QED) is 0.782. The van der Waals surface area contributed by atoms with Crippen LogP contribution in [0.4, 0.5) is 0 Å². The summed E-state index contributed by atoms with van der Waals surface area (Å²) in [6, 6.07) is 0. The molecule has 1 aromatic heterocycles. The van der Waals surface area contributed by atoms with Crippen LogP contribution in [0, 0.1) is 0 Å². The van der Waals surface area contributed by atoms with E-state index in [9.17, 15) is 0 Å². The largest absolute Gasteiger partial charge is 0.317 e. The number of allylic oxidation sites excluding steroid dienone is 1. The van der Waals surface area contributed by atoms with E-state index in [1.54, 1.807) is 0 Å². The van der Waals surface area contributed by atoms with Crippen LogP contribution in [0.1, 0.15) is 57.1 Å². The molecule has 0 bridgehead atoms. The average Bonchev–Trinajstić information content (AvgIpc) is 3.17. The molecule has 2 saturated heterocycles. The van der Waals surface area contributed by atoms with Gasteiger partial charge in [0.1, 0.15) is 11.6 Å². The summed E-state index contributed by atoms with van der Waals surface area (Å²) in [5.74, 6) is 2.84. The molecule has 0 radical (unpaired) electrons. The molecule has 0 aliphatic carbocycles. The maximum absolute atomic E-state index is 4.56. The van der Waals surface area contributed by atoms with Crippen molar-refractivity contribution >= 4 is 0 Å². The van der Waals surface area contributed by atoms with Crippen LogP contribution in [0.2, 0.25) is 0 Å². The Morgan fingerprint density at radius 1 is 1.09 bits per heavy atom. The van der Waals surface area contributed by atoms with Crippen LogP contribution in [0.3, 0.4) is 0 Å². The molecule has 0 saturated carbocycles. The lowest BCUT2D eigenvalue weighted by Crippen LogP contribution is -2.35. The van der Waals surface area contributed by atoms with Gasteiger partial charge in [0.25, 0.3) is 0 Å². The minimum absolute atomic E-state index is 0.527. The van der Waals surface area contributed by atoms with Gasteiger partial charge in [0, 0.05) is 26.1 Å². The Bertz CT molecular complexity index is 538. The first kappa shape index (κ1) is 16.7. The topological polar surface area (TPSA) is 37.2 Å². The van der Waals surface area contributed by atoms with Crippen LogP contribution in [0.25, 0.3) is 0 Å². The summed E-state index contributed by atoms with van der Waals surface area (Å²) in [5.41, 5.74) is 1.40. The van der Waals surface area contributed by atoms with Gasteiger partial charge in [-0.25, -0.2) is 0 Å². The fourth-order valence-electron chi connectivity index (χ4n) is 3.75. The van der Waals surface area contributed by atoms with Crippen molar-refractivity contribution in [2.24, 2.45) is 7.05 Å². The van der Waals surface area contributed by atoms with Gasteiger partial charge >= 0.3 is 0 Å². The van der Waals surface area contributed by atoms with Crippen molar-refractivity contribution in [2.45, 2.75) is 52.0 Å². The molecule has 5 nitrogen and oxygen atoms in total. The van der Waals surface area contributed by atoms with Crippen molar-refractivity contribution in [1.82, 2.24) is 24.6 Å². The molecular formula is C18H31N5. The summed E-state index contributed by atoms with van der Waals surface area (Å²) >= 11 is 0. The number of piperidine rings is 1. The van der Waals surface area contributed by atoms with E-state index in [2.05, 4.69) is 51.5 Å². The highest BCUT2D eigenvalue weighted by atomic mass is 15.3. The molecule has 1 atom stereocenters. The van der Waals surface area contributed by atoms with Gasteiger partial charge in [-0.3, -0.25) is 9.80 Å². The van der Waals surface area contributed by atoms with Crippen LogP contribution in [-0.4, -0.2) is 57.3 Å². The Kier molecular flexibility index (Phi) is 5.49. The standard InChI is InChI=1S/C18H31N5/c1-15(2)8-12-23-11-6-7-16(13-23)18-20-19-17(21(18)3)14-22-9-4-5-10-22/h8,16H,4-7,9-14H2,1-3H3. The fraction of sp³-hybridized carbons (Fsp3) is 0.778. The van der Waals surface area contributed by atoms with E-state index >= 15 is 0 Å². The van der Waals surface area contributed by atoms with E-state index in [1.807, 2.05) is 0 Å². The first-order chi connectivity index (χ1) is 11.1. The number of nitrogens with zero attached hydrogens (tertiary/aromatic N) is 5. The van der Waals surface area contributed by atoms with Gasteiger partial charge in [0.15, 0.2) is 0 Å². The molecule has 1 unspecified atom stereocenters. The highest BCUT2D eigenvalue weighted by molar-refractivity contribution is 5.05. The van der Waals surface area contributed by atoms with Crippen molar-refractivity contribution in [1.29, 1.82) is 0 Å². The Morgan fingerprint density at radius 3 is 2.57 bits per heavy atom. The highest BCUT2D eigenvalue weighted by Crippen LogP contribution is 2.26. The van der Waals surface area contributed by atoms with Crippen molar-refractivity contribution < 1.29 is 0 Å². The Balaban J connectivity index is 1.64. The van der Waals surface area contributed by atoms with Gasteiger partial charge in [-0.1, -0.05) is 11.6 Å². The third kappa shape index (κ3) is 4.21. The minimum atomic E-state index is 0.527. The molecule has 0 N–H and O–H groups in total. The van der Waals surface area contributed by atoms with E-state index in [0.717, 1.165) is 25.5 Å². The molecule has 0 amide bonds. The van der Waals surface area contributed by atoms with E-state index in [4.69, 9.17) is 0 Å². The van der Waals surface area contributed by atoms with Crippen LogP contribution in [0.5, 0.6) is 0 Å². The van der Waals surface area contributed by atoms with Crippen LogP contribution < -0.4 is 0 Å². The van der Waals surface area contributed by atoms with E-state index in [-0.39, 0.29) is 0 Å². The molecule has 0 spiro atoms. The van der Waals surface area contributed by atoms with Crippen molar-refractivity contribution in [3.05, 3.63) is 23.3 Å². The molecule has 3 rings (SSSR count). The van der Waals surface area contributed by atoms with Gasteiger partial charge in [0.2, 0.25) is 0 Å². The molecule has 23 heavy (non-hydrogen) atoms. The maximum Gasteiger partial charge on any atom is 0.146 e. The summed E-state index contributed by atoms with van der Waals surface area (Å²) in [5, 5.41) is 9.05. The number of hydrogen-bond donors (Lipinski definition) is 0. The minimum Gasteiger partial charge on any atom is -0.317 e. The van der Waals surface area contributed by atoms with Gasteiger partial charge < -0.3 is 4.57 Å². The second kappa shape index (κ2) is 7.58. The van der Waals surface area contributed by atoms with E-state index in [1.165, 1.54) is 56.7 Å². The van der Waals surface area contributed by atoms with Gasteiger partial charge in [-0.05, 0) is 59.2 Å². The Hall–Kier alpha value is -1.20. The third-order valence-electron chi connectivity index (χ3n) is 5.19. The molecule has 3 heterocycles. The number of likely N-dealkylation sites (tertiary alicyclic amines) is 2. The Labute approximate surface area is 140 Å². The first-order valence-corrected chi connectivity index (χ1v) is 9.09. The molecule has 2 aliphatic rings. The number of hydrogen-bond acceptors (Lipinski definition) is 4. The maximum atomic E-state index is 4.56. The van der Waals surface area contributed by atoms with Crippen LogP contribution >= 0.6 is 0 Å². The highest BCUT2D eigenvalue weighted by Gasteiger charge is 2.26. The van der Waals surface area contributed by atoms with Gasteiger partial charge in [-0.15, -0.1) is 10.2 Å². The molecule has 1 aromatic rings. The van der Waals surface area contributed by atoms with Crippen LogP contribution in [-0.2, 0) is 13.6 Å². The summed E-state index contributed by atoms with van der Waals surface area (Å²) in [4.78, 5) is 5.05. The van der Waals surface area contributed by atoms with Crippen LogP contribution in [0.15, 0.2) is 11.6 Å². The second-order valence-electron chi connectivity index (χ2n) is 7.40. The molecular weight excluding hydrogens is 286 g/mol. The molecule has 2 fully saturated rings. The summed E-state index contributed by atoms with van der Waals surface area (Å²) in [7, 11) is 2.15. The molecule has 0 aromatic carbocycles. The third-order valence-corrected chi connectivity index (χ3v) is 5.19. The SMILES string of the molecule is CC(C)=CCN1CCCC(c2nnc(CN3CCCC3)n2C)C1. The predicted molar refractivity (Wildman–Crippen MR) is 93.4 cm³/mol. The zero-order chi connectivity index (χ0) is 16.2.